The van der Waals surface area contributed by atoms with E-state index in [4.69, 9.17) is 11.6 Å². The van der Waals surface area contributed by atoms with E-state index in [1.54, 1.807) is 4.90 Å². The van der Waals surface area contributed by atoms with E-state index in [1.807, 2.05) is 31.2 Å². The number of benzene rings is 1. The molecular formula is C11H9ClN2OS. The van der Waals surface area contributed by atoms with Crippen LogP contribution in [0, 0.1) is 0 Å². The van der Waals surface area contributed by atoms with Gasteiger partial charge in [0, 0.05) is 0 Å². The highest BCUT2D eigenvalue weighted by molar-refractivity contribution is 7.22. The van der Waals surface area contributed by atoms with Crippen molar-refractivity contribution in [2.24, 2.45) is 0 Å². The Bertz CT molecular complexity index is 535. The average molecular weight is 253 g/mol. The molecule has 1 aliphatic heterocycles. The van der Waals surface area contributed by atoms with Crippen molar-refractivity contribution in [2.75, 3.05) is 4.90 Å². The second-order valence-electron chi connectivity index (χ2n) is 3.81. The minimum Gasteiger partial charge on any atom is -0.282 e. The third-order valence-corrected chi connectivity index (χ3v) is 4.38. The normalized spacial score (nSPS) is 24.9. The first-order valence-corrected chi connectivity index (χ1v) is 6.26. The summed E-state index contributed by atoms with van der Waals surface area (Å²) >= 11 is 7.41. The van der Waals surface area contributed by atoms with Crippen molar-refractivity contribution < 1.29 is 4.79 Å². The highest BCUT2D eigenvalue weighted by atomic mass is 35.5. The Balaban J connectivity index is 2.04. The molecule has 2 aromatic rings. The minimum atomic E-state index is -0.396. The van der Waals surface area contributed by atoms with E-state index in [-0.39, 0.29) is 11.9 Å². The minimum absolute atomic E-state index is 0.0368. The summed E-state index contributed by atoms with van der Waals surface area (Å²) in [6.07, 6.45) is 0. The Morgan fingerprint density at radius 2 is 2.19 bits per heavy atom. The van der Waals surface area contributed by atoms with Gasteiger partial charge in [0.25, 0.3) is 0 Å². The number of para-hydroxylation sites is 1. The number of halogens is 1. The standard InChI is InChI=1S/C11H9ClN2OS/c1-6-9(12)10(15)14(6)11-13-7-4-2-3-5-8(7)16-11/h2-6,9H,1H3. The van der Waals surface area contributed by atoms with Crippen LogP contribution in [0.5, 0.6) is 0 Å². The maximum Gasteiger partial charge on any atom is 0.249 e. The van der Waals surface area contributed by atoms with Crippen LogP contribution in [0.1, 0.15) is 6.92 Å². The van der Waals surface area contributed by atoms with Crippen molar-refractivity contribution in [2.45, 2.75) is 18.3 Å². The van der Waals surface area contributed by atoms with E-state index in [0.717, 1.165) is 15.3 Å². The lowest BCUT2D eigenvalue weighted by molar-refractivity contribution is -0.123. The van der Waals surface area contributed by atoms with Crippen LogP contribution in [-0.2, 0) is 4.79 Å². The number of aromatic nitrogens is 1. The number of alkyl halides is 1. The van der Waals surface area contributed by atoms with Gasteiger partial charge in [-0.05, 0) is 19.1 Å². The molecule has 16 heavy (non-hydrogen) atoms. The van der Waals surface area contributed by atoms with E-state index in [0.29, 0.717) is 0 Å². The molecule has 0 spiro atoms. The van der Waals surface area contributed by atoms with Crippen LogP contribution < -0.4 is 4.90 Å². The molecular weight excluding hydrogens is 244 g/mol. The number of β-lactam (4-membered cyclic amide) rings is 1. The molecule has 82 valence electrons. The molecule has 3 rings (SSSR count). The number of anilines is 1. The number of fused-ring (bicyclic) bond motifs is 1. The monoisotopic (exact) mass is 252 g/mol. The summed E-state index contributed by atoms with van der Waals surface area (Å²) in [5.41, 5.74) is 0.931. The summed E-state index contributed by atoms with van der Waals surface area (Å²) in [5, 5.41) is 0.350. The van der Waals surface area contributed by atoms with Crippen molar-refractivity contribution in [1.29, 1.82) is 0 Å². The van der Waals surface area contributed by atoms with Crippen LogP contribution in [0.3, 0.4) is 0 Å². The molecule has 2 unspecified atom stereocenters. The predicted octanol–water partition coefficient (Wildman–Crippen LogP) is 2.64. The van der Waals surface area contributed by atoms with Gasteiger partial charge in [0.15, 0.2) is 5.13 Å². The molecule has 0 N–H and O–H groups in total. The van der Waals surface area contributed by atoms with Gasteiger partial charge in [0.1, 0.15) is 5.38 Å². The SMILES string of the molecule is CC1C(Cl)C(=O)N1c1nc2ccccc2s1. The molecule has 1 aromatic carbocycles. The third kappa shape index (κ3) is 1.26. The van der Waals surface area contributed by atoms with Crippen molar-refractivity contribution >= 4 is 44.2 Å². The molecule has 1 aliphatic rings. The second-order valence-corrected chi connectivity index (χ2v) is 5.29. The van der Waals surface area contributed by atoms with Gasteiger partial charge in [0.2, 0.25) is 5.91 Å². The Morgan fingerprint density at radius 3 is 2.88 bits per heavy atom. The molecule has 5 heteroatoms. The highest BCUT2D eigenvalue weighted by Crippen LogP contribution is 2.36. The molecule has 1 amide bonds. The molecule has 1 saturated heterocycles. The number of rotatable bonds is 1. The van der Waals surface area contributed by atoms with E-state index in [9.17, 15) is 4.79 Å². The summed E-state index contributed by atoms with van der Waals surface area (Å²) in [7, 11) is 0. The number of thiazole rings is 1. The topological polar surface area (TPSA) is 33.2 Å². The lowest BCUT2D eigenvalue weighted by Gasteiger charge is -2.40. The predicted molar refractivity (Wildman–Crippen MR) is 66.2 cm³/mol. The molecule has 1 aromatic heterocycles. The van der Waals surface area contributed by atoms with E-state index in [1.165, 1.54) is 11.3 Å². The maximum absolute atomic E-state index is 11.6. The van der Waals surface area contributed by atoms with Gasteiger partial charge in [-0.25, -0.2) is 4.98 Å². The lowest BCUT2D eigenvalue weighted by atomic mass is 10.1. The molecule has 0 aliphatic carbocycles. The van der Waals surface area contributed by atoms with Crippen molar-refractivity contribution in [3.63, 3.8) is 0 Å². The highest BCUT2D eigenvalue weighted by Gasteiger charge is 2.45. The molecule has 1 fully saturated rings. The molecule has 0 bridgehead atoms. The van der Waals surface area contributed by atoms with Gasteiger partial charge < -0.3 is 0 Å². The molecule has 0 radical (unpaired) electrons. The van der Waals surface area contributed by atoms with E-state index >= 15 is 0 Å². The van der Waals surface area contributed by atoms with Gasteiger partial charge in [-0.2, -0.15) is 0 Å². The molecule has 3 nitrogen and oxygen atoms in total. The largest absolute Gasteiger partial charge is 0.282 e. The van der Waals surface area contributed by atoms with Crippen LogP contribution in [0.15, 0.2) is 24.3 Å². The molecule has 0 saturated carbocycles. The Morgan fingerprint density at radius 1 is 1.44 bits per heavy atom. The Kier molecular flexibility index (Phi) is 2.16. The van der Waals surface area contributed by atoms with E-state index in [2.05, 4.69) is 4.98 Å². The lowest BCUT2D eigenvalue weighted by Crippen LogP contribution is -2.61. The number of hydrogen-bond donors (Lipinski definition) is 0. The van der Waals surface area contributed by atoms with Gasteiger partial charge in [-0.3, -0.25) is 9.69 Å². The van der Waals surface area contributed by atoms with Gasteiger partial charge in [-0.1, -0.05) is 23.5 Å². The first-order valence-electron chi connectivity index (χ1n) is 5.01. The fourth-order valence-electron chi connectivity index (χ4n) is 1.82. The third-order valence-electron chi connectivity index (χ3n) is 2.79. The number of carbonyl (C=O) groups excluding carboxylic acids is 1. The Labute approximate surface area is 102 Å². The van der Waals surface area contributed by atoms with Gasteiger partial charge in [0.05, 0.1) is 16.3 Å². The van der Waals surface area contributed by atoms with Crippen molar-refractivity contribution in [3.05, 3.63) is 24.3 Å². The summed E-state index contributed by atoms with van der Waals surface area (Å²) in [5.74, 6) is -0.0479. The summed E-state index contributed by atoms with van der Waals surface area (Å²) < 4.78 is 1.09. The van der Waals surface area contributed by atoms with Crippen LogP contribution >= 0.6 is 22.9 Å². The summed E-state index contributed by atoms with van der Waals surface area (Å²) in [6, 6.07) is 7.90. The van der Waals surface area contributed by atoms with Crippen LogP contribution in [0.2, 0.25) is 0 Å². The van der Waals surface area contributed by atoms with Crippen LogP contribution in [0.4, 0.5) is 5.13 Å². The number of nitrogens with zero attached hydrogens (tertiary/aromatic N) is 2. The zero-order chi connectivity index (χ0) is 11.3. The fourth-order valence-corrected chi connectivity index (χ4v) is 3.10. The van der Waals surface area contributed by atoms with Crippen LogP contribution in [0.25, 0.3) is 10.2 Å². The Hall–Kier alpha value is -1.13. The van der Waals surface area contributed by atoms with Crippen molar-refractivity contribution in [3.8, 4) is 0 Å². The first-order chi connectivity index (χ1) is 7.68. The van der Waals surface area contributed by atoms with Gasteiger partial charge >= 0.3 is 0 Å². The number of amides is 1. The summed E-state index contributed by atoms with van der Waals surface area (Å²) in [6.45, 7) is 1.94. The zero-order valence-corrected chi connectivity index (χ0v) is 10.1. The second kappa shape index (κ2) is 3.43. The quantitative estimate of drug-likeness (QED) is 0.578. The first kappa shape index (κ1) is 10.1. The summed E-state index contributed by atoms with van der Waals surface area (Å²) in [4.78, 5) is 17.7. The number of hydrogen-bond acceptors (Lipinski definition) is 3. The molecule has 2 atom stereocenters. The van der Waals surface area contributed by atoms with E-state index < -0.39 is 5.38 Å². The van der Waals surface area contributed by atoms with Gasteiger partial charge in [-0.15, -0.1) is 11.6 Å². The smallest absolute Gasteiger partial charge is 0.249 e. The fraction of sp³-hybridized carbons (Fsp3) is 0.273. The number of carbonyl (C=O) groups is 1. The molecule has 2 heterocycles. The zero-order valence-electron chi connectivity index (χ0n) is 8.55. The van der Waals surface area contributed by atoms with Crippen LogP contribution in [-0.4, -0.2) is 22.3 Å². The maximum atomic E-state index is 11.6. The average Bonchev–Trinajstić information content (AvgIpc) is 2.71. The van der Waals surface area contributed by atoms with Crippen molar-refractivity contribution in [1.82, 2.24) is 4.98 Å².